The third kappa shape index (κ3) is 3.74. The molecule has 1 amide bonds. The highest BCUT2D eigenvalue weighted by atomic mass is 32.2. The van der Waals surface area contributed by atoms with Crippen LogP contribution in [0.5, 0.6) is 0 Å². The van der Waals surface area contributed by atoms with Crippen molar-refractivity contribution >= 4 is 27.4 Å². The number of carbonyl (C=O) groups excluding carboxylic acids is 2. The molecule has 180 valence electrons. The average molecular weight is 493 g/mol. The number of carbonyl (C=O) groups is 2. The number of alkyl halides is 3. The fourth-order valence-electron chi connectivity index (χ4n) is 4.55. The Bertz CT molecular complexity index is 1300. The van der Waals surface area contributed by atoms with E-state index in [1.54, 1.807) is 43.7 Å². The molecule has 4 rings (SSSR count). The van der Waals surface area contributed by atoms with Gasteiger partial charge in [0.1, 0.15) is 0 Å². The van der Waals surface area contributed by atoms with Gasteiger partial charge in [-0.1, -0.05) is 49.7 Å². The third-order valence-electron chi connectivity index (χ3n) is 6.08. The SMILES string of the molecule is Cc1ccc(S(=O)(=O)N[C@@]2(C(F)(F)F)C(=O)N(c3ccccc3)C3=C2C(=O)CC(C)(C)C3)cc1. The number of allylic oxidation sites excluding steroid dienone is 1. The van der Waals surface area contributed by atoms with Gasteiger partial charge in [-0.25, -0.2) is 8.42 Å². The summed E-state index contributed by atoms with van der Waals surface area (Å²) in [4.78, 5) is 27.2. The number of Topliss-reactive ketones (excluding diaryl/α,β-unsaturated/α-hetero) is 1. The largest absolute Gasteiger partial charge is 0.421 e. The van der Waals surface area contributed by atoms with E-state index in [2.05, 4.69) is 0 Å². The highest BCUT2D eigenvalue weighted by Crippen LogP contribution is 2.53. The number of rotatable bonds is 4. The Labute approximate surface area is 195 Å². The van der Waals surface area contributed by atoms with Crippen molar-refractivity contribution in [2.75, 3.05) is 4.90 Å². The topological polar surface area (TPSA) is 83.6 Å². The van der Waals surface area contributed by atoms with Gasteiger partial charge in [0.05, 0.1) is 10.5 Å². The van der Waals surface area contributed by atoms with Crippen LogP contribution in [0.3, 0.4) is 0 Å². The highest BCUT2D eigenvalue weighted by molar-refractivity contribution is 7.89. The molecule has 0 radical (unpaired) electrons. The molecule has 1 atom stereocenters. The molecular weight excluding hydrogens is 469 g/mol. The Morgan fingerprint density at radius 3 is 2.09 bits per heavy atom. The maximum absolute atomic E-state index is 14.8. The molecule has 0 saturated heterocycles. The number of para-hydroxylation sites is 1. The maximum atomic E-state index is 14.8. The lowest BCUT2D eigenvalue weighted by atomic mass is 9.72. The van der Waals surface area contributed by atoms with Crippen molar-refractivity contribution in [2.24, 2.45) is 5.41 Å². The van der Waals surface area contributed by atoms with E-state index >= 15 is 0 Å². The minimum absolute atomic E-state index is 0.0151. The molecule has 1 heterocycles. The van der Waals surface area contributed by atoms with Crippen molar-refractivity contribution in [1.29, 1.82) is 0 Å². The predicted octanol–water partition coefficient (Wildman–Crippen LogP) is 4.26. The normalized spacial score (nSPS) is 22.8. The van der Waals surface area contributed by atoms with Crippen LogP contribution in [0.15, 0.2) is 70.8 Å². The number of halogens is 3. The summed E-state index contributed by atoms with van der Waals surface area (Å²) in [6.07, 6.45) is -5.70. The van der Waals surface area contributed by atoms with Gasteiger partial charge in [0.2, 0.25) is 15.6 Å². The highest BCUT2D eigenvalue weighted by Gasteiger charge is 2.72. The molecule has 1 aliphatic heterocycles. The Hall–Kier alpha value is -2.98. The van der Waals surface area contributed by atoms with Gasteiger partial charge in [0.15, 0.2) is 5.78 Å². The molecular formula is C24H23F3N2O4S. The minimum atomic E-state index is -5.43. The molecule has 10 heteroatoms. The van der Waals surface area contributed by atoms with Crippen LogP contribution in [0.4, 0.5) is 18.9 Å². The van der Waals surface area contributed by atoms with Gasteiger partial charge in [0.25, 0.3) is 5.91 Å². The van der Waals surface area contributed by atoms with E-state index in [4.69, 9.17) is 0 Å². The molecule has 1 aliphatic carbocycles. The molecule has 0 unspecified atom stereocenters. The summed E-state index contributed by atoms with van der Waals surface area (Å²) in [7, 11) is -4.85. The van der Waals surface area contributed by atoms with Crippen LogP contribution in [-0.4, -0.2) is 31.8 Å². The number of amides is 1. The monoisotopic (exact) mass is 492 g/mol. The zero-order valence-corrected chi connectivity index (χ0v) is 19.5. The zero-order chi connectivity index (χ0) is 25.1. The molecule has 0 spiro atoms. The molecule has 2 aromatic rings. The zero-order valence-electron chi connectivity index (χ0n) is 18.7. The van der Waals surface area contributed by atoms with Crippen molar-refractivity contribution in [1.82, 2.24) is 4.72 Å². The number of anilines is 1. The molecule has 34 heavy (non-hydrogen) atoms. The average Bonchev–Trinajstić information content (AvgIpc) is 2.96. The fourth-order valence-corrected chi connectivity index (χ4v) is 5.87. The summed E-state index contributed by atoms with van der Waals surface area (Å²) < 4.78 is 72.4. The molecule has 0 bridgehead atoms. The molecule has 0 aromatic heterocycles. The van der Waals surface area contributed by atoms with Crippen LogP contribution in [0.25, 0.3) is 0 Å². The van der Waals surface area contributed by atoms with E-state index in [0.717, 1.165) is 17.0 Å². The number of ketones is 1. The van der Waals surface area contributed by atoms with Crippen molar-refractivity contribution in [3.05, 3.63) is 71.4 Å². The van der Waals surface area contributed by atoms with Gasteiger partial charge < -0.3 is 0 Å². The predicted molar refractivity (Wildman–Crippen MR) is 119 cm³/mol. The van der Waals surface area contributed by atoms with Crippen LogP contribution in [-0.2, 0) is 19.6 Å². The lowest BCUT2D eigenvalue weighted by Crippen LogP contribution is -2.66. The summed E-state index contributed by atoms with van der Waals surface area (Å²) in [5, 5.41) is 0. The van der Waals surface area contributed by atoms with Gasteiger partial charge in [-0.05, 0) is 43.0 Å². The summed E-state index contributed by atoms with van der Waals surface area (Å²) >= 11 is 0. The lowest BCUT2D eigenvalue weighted by molar-refractivity contribution is -0.184. The van der Waals surface area contributed by atoms with Crippen LogP contribution in [0, 0.1) is 12.3 Å². The van der Waals surface area contributed by atoms with Gasteiger partial charge >= 0.3 is 6.18 Å². The molecule has 2 aliphatic rings. The van der Waals surface area contributed by atoms with E-state index in [-0.39, 0.29) is 24.2 Å². The number of hydrogen-bond acceptors (Lipinski definition) is 4. The first-order chi connectivity index (χ1) is 15.7. The first-order valence-corrected chi connectivity index (χ1v) is 12.0. The molecule has 6 nitrogen and oxygen atoms in total. The first-order valence-electron chi connectivity index (χ1n) is 10.5. The number of nitrogens with one attached hydrogen (secondary N) is 1. The Morgan fingerprint density at radius 1 is 0.941 bits per heavy atom. The quantitative estimate of drug-likeness (QED) is 0.691. The number of sulfonamides is 1. The summed E-state index contributed by atoms with van der Waals surface area (Å²) in [6.45, 7) is 5.12. The minimum Gasteiger partial charge on any atom is -0.294 e. The van der Waals surface area contributed by atoms with Gasteiger partial charge in [-0.3, -0.25) is 14.5 Å². The van der Waals surface area contributed by atoms with E-state index in [9.17, 15) is 31.2 Å². The first kappa shape index (κ1) is 24.2. The summed E-state index contributed by atoms with van der Waals surface area (Å²) in [5.74, 6) is -2.49. The standard InChI is InChI=1S/C24H23F3N2O4S/c1-15-9-11-17(12-10-15)34(32,33)28-23(24(25,26)27)20-18(13-22(2,3)14-19(20)30)29(21(23)31)16-7-5-4-6-8-16/h4-12,28H,13-14H2,1-3H3/t23-/m1/s1. The van der Waals surface area contributed by atoms with Gasteiger partial charge in [-0.15, -0.1) is 0 Å². The van der Waals surface area contributed by atoms with Gasteiger partial charge in [0, 0.05) is 17.8 Å². The van der Waals surface area contributed by atoms with Crippen molar-refractivity contribution in [2.45, 2.75) is 50.2 Å². The van der Waals surface area contributed by atoms with Crippen LogP contribution >= 0.6 is 0 Å². The summed E-state index contributed by atoms with van der Waals surface area (Å²) in [5.41, 5.74) is -4.64. The van der Waals surface area contributed by atoms with E-state index in [1.165, 1.54) is 24.3 Å². The third-order valence-corrected chi connectivity index (χ3v) is 7.55. The molecule has 1 N–H and O–H groups in total. The van der Waals surface area contributed by atoms with Crippen molar-refractivity contribution in [3.8, 4) is 0 Å². The van der Waals surface area contributed by atoms with Gasteiger partial charge in [-0.2, -0.15) is 17.9 Å². The fraction of sp³-hybridized carbons (Fsp3) is 0.333. The summed E-state index contributed by atoms with van der Waals surface area (Å²) in [6, 6.07) is 12.8. The second-order valence-electron chi connectivity index (χ2n) is 9.41. The number of hydrogen-bond donors (Lipinski definition) is 1. The molecule has 2 aromatic carbocycles. The van der Waals surface area contributed by atoms with Crippen LogP contribution < -0.4 is 9.62 Å². The number of nitrogens with zero attached hydrogens (tertiary/aromatic N) is 1. The second kappa shape index (κ2) is 7.78. The van der Waals surface area contributed by atoms with E-state index in [1.807, 2.05) is 0 Å². The second-order valence-corrected chi connectivity index (χ2v) is 11.1. The molecule has 0 fully saturated rings. The molecule has 0 saturated carbocycles. The number of aryl methyl sites for hydroxylation is 1. The smallest absolute Gasteiger partial charge is 0.294 e. The van der Waals surface area contributed by atoms with E-state index in [0.29, 0.717) is 5.56 Å². The number of benzene rings is 2. The lowest BCUT2D eigenvalue weighted by Gasteiger charge is -2.35. The Kier molecular flexibility index (Phi) is 5.52. The van der Waals surface area contributed by atoms with Crippen molar-refractivity contribution < 1.29 is 31.2 Å². The maximum Gasteiger partial charge on any atom is 0.421 e. The Balaban J connectivity index is 1.98. The van der Waals surface area contributed by atoms with Crippen molar-refractivity contribution in [3.63, 3.8) is 0 Å². The van der Waals surface area contributed by atoms with Crippen LogP contribution in [0.1, 0.15) is 32.3 Å². The Morgan fingerprint density at radius 2 is 1.53 bits per heavy atom. The van der Waals surface area contributed by atoms with E-state index < -0.39 is 49.3 Å². The van der Waals surface area contributed by atoms with Crippen LogP contribution in [0.2, 0.25) is 0 Å².